The first-order chi connectivity index (χ1) is 16.4. The smallest absolute Gasteiger partial charge is 0.326 e. The van der Waals surface area contributed by atoms with Gasteiger partial charge < -0.3 is 20.8 Å². The van der Waals surface area contributed by atoms with Gasteiger partial charge in [-0.2, -0.15) is 0 Å². The standard InChI is InChI=1S/C26H30Cl2N2O5/c1-14(31)18-12-16(26(18,2)3)13-22(32)30-21(25(34)35)11-15-7-9-17(10-8-15)29-24(33)23-19(27)5-4-6-20(23)28/h4-10,14,16,18,21,31H,11-13H2,1-3H3,(H,29,33)(H,30,32)(H,34,35)/t14?,16-,18+,21?/m1/s1. The van der Waals surface area contributed by atoms with Gasteiger partial charge in [0.25, 0.3) is 5.91 Å². The fourth-order valence-electron chi connectivity index (χ4n) is 4.77. The summed E-state index contributed by atoms with van der Waals surface area (Å²) in [4.78, 5) is 36.9. The molecule has 1 saturated carbocycles. The second kappa shape index (κ2) is 11.0. The lowest BCUT2D eigenvalue weighted by atomic mass is 9.52. The Hall–Kier alpha value is -2.61. The minimum absolute atomic E-state index is 0.0889. The minimum atomic E-state index is -1.13. The number of anilines is 1. The average Bonchev–Trinajstić information content (AvgIpc) is 2.76. The molecular formula is C26H30Cl2N2O5. The number of benzene rings is 2. The highest BCUT2D eigenvalue weighted by Gasteiger charge is 2.50. The minimum Gasteiger partial charge on any atom is -0.480 e. The fourth-order valence-corrected chi connectivity index (χ4v) is 5.34. The monoisotopic (exact) mass is 520 g/mol. The number of carboxylic acids is 1. The first-order valence-electron chi connectivity index (χ1n) is 11.4. The first kappa shape index (κ1) is 27.0. The topological polar surface area (TPSA) is 116 Å². The zero-order valence-electron chi connectivity index (χ0n) is 19.8. The Morgan fingerprint density at radius 1 is 1.09 bits per heavy atom. The summed E-state index contributed by atoms with van der Waals surface area (Å²) in [5.74, 6) is -1.69. The number of carbonyl (C=O) groups is 3. The molecular weight excluding hydrogens is 491 g/mol. The van der Waals surface area contributed by atoms with Crippen LogP contribution in [-0.2, 0) is 16.0 Å². The maximum atomic E-state index is 12.6. The van der Waals surface area contributed by atoms with Crippen LogP contribution in [-0.4, -0.2) is 40.1 Å². The van der Waals surface area contributed by atoms with Crippen molar-refractivity contribution < 1.29 is 24.6 Å². The third-order valence-electron chi connectivity index (χ3n) is 7.04. The van der Waals surface area contributed by atoms with E-state index in [1.807, 2.05) is 13.8 Å². The van der Waals surface area contributed by atoms with Crippen molar-refractivity contribution in [1.82, 2.24) is 5.32 Å². The summed E-state index contributed by atoms with van der Waals surface area (Å²) in [6.45, 7) is 5.81. The summed E-state index contributed by atoms with van der Waals surface area (Å²) in [5.41, 5.74) is 1.16. The van der Waals surface area contributed by atoms with Crippen molar-refractivity contribution in [2.45, 2.75) is 52.2 Å². The van der Waals surface area contributed by atoms with Crippen LogP contribution in [0.1, 0.15) is 49.5 Å². The second-order valence-corrected chi connectivity index (χ2v) is 10.5. The number of hydrogen-bond donors (Lipinski definition) is 4. The molecule has 9 heteroatoms. The van der Waals surface area contributed by atoms with Gasteiger partial charge >= 0.3 is 5.97 Å². The highest BCUT2D eigenvalue weighted by Crippen LogP contribution is 2.54. The van der Waals surface area contributed by atoms with Crippen molar-refractivity contribution >= 4 is 46.7 Å². The number of amides is 2. The number of hydrogen-bond acceptors (Lipinski definition) is 4. The Labute approximate surface area is 214 Å². The number of aliphatic hydroxyl groups is 1. The lowest BCUT2D eigenvalue weighted by molar-refractivity contribution is -0.143. The maximum Gasteiger partial charge on any atom is 0.326 e. The van der Waals surface area contributed by atoms with E-state index in [-0.39, 0.29) is 51.6 Å². The maximum absolute atomic E-state index is 12.6. The van der Waals surface area contributed by atoms with E-state index in [1.165, 1.54) is 0 Å². The number of carbonyl (C=O) groups excluding carboxylic acids is 2. The lowest BCUT2D eigenvalue weighted by Gasteiger charge is -2.53. The Balaban J connectivity index is 1.58. The summed E-state index contributed by atoms with van der Waals surface area (Å²) < 4.78 is 0. The van der Waals surface area contributed by atoms with E-state index in [0.29, 0.717) is 11.3 Å². The van der Waals surface area contributed by atoms with Gasteiger partial charge in [0.2, 0.25) is 5.91 Å². The van der Waals surface area contributed by atoms with Crippen molar-refractivity contribution in [2.24, 2.45) is 17.3 Å². The van der Waals surface area contributed by atoms with Gasteiger partial charge in [0.1, 0.15) is 6.04 Å². The third kappa shape index (κ3) is 6.34. The van der Waals surface area contributed by atoms with E-state index < -0.39 is 24.0 Å². The molecule has 7 nitrogen and oxygen atoms in total. The number of nitrogens with one attached hydrogen (secondary N) is 2. The molecule has 2 unspecified atom stereocenters. The van der Waals surface area contributed by atoms with Gasteiger partial charge in [0.05, 0.1) is 21.7 Å². The fraction of sp³-hybridized carbons (Fsp3) is 0.423. The molecule has 2 aromatic rings. The molecule has 0 aromatic heterocycles. The van der Waals surface area contributed by atoms with E-state index in [9.17, 15) is 24.6 Å². The van der Waals surface area contributed by atoms with Gasteiger partial charge in [-0.1, -0.05) is 55.2 Å². The van der Waals surface area contributed by atoms with Gasteiger partial charge in [-0.25, -0.2) is 4.79 Å². The molecule has 3 rings (SSSR count). The van der Waals surface area contributed by atoms with Crippen LogP contribution in [0.4, 0.5) is 5.69 Å². The summed E-state index contributed by atoms with van der Waals surface area (Å²) in [5, 5.41) is 25.3. The Morgan fingerprint density at radius 2 is 1.69 bits per heavy atom. The molecule has 0 saturated heterocycles. The molecule has 35 heavy (non-hydrogen) atoms. The third-order valence-corrected chi connectivity index (χ3v) is 7.67. The number of rotatable bonds is 9. The van der Waals surface area contributed by atoms with Crippen LogP contribution in [0.15, 0.2) is 42.5 Å². The molecule has 0 heterocycles. The van der Waals surface area contributed by atoms with E-state index in [4.69, 9.17) is 23.2 Å². The second-order valence-electron chi connectivity index (χ2n) is 9.72. The van der Waals surface area contributed by atoms with E-state index in [1.54, 1.807) is 49.4 Å². The Morgan fingerprint density at radius 3 is 2.20 bits per heavy atom. The average molecular weight is 521 g/mol. The number of halogens is 2. The summed E-state index contributed by atoms with van der Waals surface area (Å²) in [6.07, 6.45) is 0.610. The zero-order valence-corrected chi connectivity index (χ0v) is 21.4. The van der Waals surface area contributed by atoms with Crippen molar-refractivity contribution in [2.75, 3.05) is 5.32 Å². The van der Waals surface area contributed by atoms with Gasteiger partial charge in [-0.05, 0) is 60.4 Å². The van der Waals surface area contributed by atoms with Gasteiger partial charge in [-0.3, -0.25) is 9.59 Å². The van der Waals surface area contributed by atoms with Crippen LogP contribution in [0, 0.1) is 17.3 Å². The molecule has 1 aliphatic carbocycles. The van der Waals surface area contributed by atoms with Crippen molar-refractivity contribution in [3.63, 3.8) is 0 Å². The van der Waals surface area contributed by atoms with E-state index >= 15 is 0 Å². The molecule has 2 aromatic carbocycles. The molecule has 1 aliphatic rings. The molecule has 2 amide bonds. The molecule has 188 valence electrons. The molecule has 1 fully saturated rings. The SMILES string of the molecule is CC(O)[C@@H]1C[C@H](CC(=O)NC(Cc2ccc(NC(=O)c3c(Cl)cccc3Cl)cc2)C(=O)O)C1(C)C. The van der Waals surface area contributed by atoms with Crippen LogP contribution < -0.4 is 10.6 Å². The van der Waals surface area contributed by atoms with E-state index in [2.05, 4.69) is 10.6 Å². The van der Waals surface area contributed by atoms with Gasteiger partial charge in [0.15, 0.2) is 0 Å². The largest absolute Gasteiger partial charge is 0.480 e. The highest BCUT2D eigenvalue weighted by molar-refractivity contribution is 6.40. The molecule has 0 radical (unpaired) electrons. The summed E-state index contributed by atoms with van der Waals surface area (Å²) in [6, 6.07) is 10.4. The predicted octanol–water partition coefficient (Wildman–Crippen LogP) is 4.79. The molecule has 4 N–H and O–H groups in total. The van der Waals surface area contributed by atoms with E-state index in [0.717, 1.165) is 6.42 Å². The molecule has 0 spiro atoms. The van der Waals surface area contributed by atoms with Crippen LogP contribution >= 0.6 is 23.2 Å². The number of aliphatic hydroxyl groups excluding tert-OH is 1. The number of aliphatic carboxylic acids is 1. The predicted molar refractivity (Wildman–Crippen MR) is 136 cm³/mol. The molecule has 0 bridgehead atoms. The normalized spacial score (nSPS) is 20.3. The van der Waals surface area contributed by atoms with Crippen LogP contribution in [0.2, 0.25) is 10.0 Å². The van der Waals surface area contributed by atoms with Crippen LogP contribution in [0.5, 0.6) is 0 Å². The zero-order chi connectivity index (χ0) is 25.9. The van der Waals surface area contributed by atoms with Gasteiger partial charge in [-0.15, -0.1) is 0 Å². The molecule has 0 aliphatic heterocycles. The highest BCUT2D eigenvalue weighted by atomic mass is 35.5. The van der Waals surface area contributed by atoms with Crippen LogP contribution in [0.25, 0.3) is 0 Å². The molecule has 4 atom stereocenters. The van der Waals surface area contributed by atoms with Crippen molar-refractivity contribution in [1.29, 1.82) is 0 Å². The van der Waals surface area contributed by atoms with Gasteiger partial charge in [0, 0.05) is 18.5 Å². The summed E-state index contributed by atoms with van der Waals surface area (Å²) >= 11 is 12.2. The van der Waals surface area contributed by atoms with Crippen molar-refractivity contribution in [3.05, 3.63) is 63.6 Å². The van der Waals surface area contributed by atoms with Crippen LogP contribution in [0.3, 0.4) is 0 Å². The quantitative estimate of drug-likeness (QED) is 0.379. The Bertz CT molecular complexity index is 1080. The number of carboxylic acid groups (broad SMARTS) is 1. The summed E-state index contributed by atoms with van der Waals surface area (Å²) in [7, 11) is 0. The Kier molecular flexibility index (Phi) is 8.46. The van der Waals surface area contributed by atoms with Crippen molar-refractivity contribution in [3.8, 4) is 0 Å². The first-order valence-corrected chi connectivity index (χ1v) is 12.2. The lowest BCUT2D eigenvalue weighted by Crippen LogP contribution is -2.52.